The summed E-state index contributed by atoms with van der Waals surface area (Å²) in [6, 6.07) is 9.25. The molecule has 0 unspecified atom stereocenters. The molecular formula is C14H14F2N2. The predicted molar refractivity (Wildman–Crippen MR) is 65.8 cm³/mol. The Kier molecular flexibility index (Phi) is 3.99. The minimum atomic E-state index is -0.545. The average Bonchev–Trinajstić information content (AvgIpc) is 2.28. The molecule has 0 atom stereocenters. The Morgan fingerprint density at radius 2 is 1.78 bits per heavy atom. The molecule has 0 aliphatic rings. The van der Waals surface area contributed by atoms with Crippen LogP contribution in [0.2, 0.25) is 0 Å². The van der Waals surface area contributed by atoms with E-state index in [0.29, 0.717) is 18.7 Å². The Balaban J connectivity index is 2.01. The van der Waals surface area contributed by atoms with Crippen molar-refractivity contribution in [1.82, 2.24) is 9.88 Å². The second-order valence-corrected chi connectivity index (χ2v) is 4.27. The molecule has 2 nitrogen and oxygen atoms in total. The molecule has 4 heteroatoms. The van der Waals surface area contributed by atoms with Crippen LogP contribution in [0, 0.1) is 11.6 Å². The van der Waals surface area contributed by atoms with Crippen LogP contribution in [0.15, 0.2) is 42.6 Å². The minimum Gasteiger partial charge on any atom is -0.296 e. The molecule has 0 N–H and O–H groups in total. The minimum absolute atomic E-state index is 0.477. The molecule has 0 radical (unpaired) electrons. The zero-order chi connectivity index (χ0) is 13.0. The van der Waals surface area contributed by atoms with Gasteiger partial charge >= 0.3 is 0 Å². The van der Waals surface area contributed by atoms with Crippen molar-refractivity contribution in [3.05, 3.63) is 65.5 Å². The predicted octanol–water partition coefficient (Wildman–Crippen LogP) is 2.99. The Morgan fingerprint density at radius 1 is 1.06 bits per heavy atom. The maximum Gasteiger partial charge on any atom is 0.126 e. The number of benzene rings is 1. The summed E-state index contributed by atoms with van der Waals surface area (Å²) in [6.07, 6.45) is 1.73. The van der Waals surface area contributed by atoms with Crippen molar-refractivity contribution in [2.45, 2.75) is 13.1 Å². The smallest absolute Gasteiger partial charge is 0.126 e. The third-order valence-corrected chi connectivity index (χ3v) is 2.53. The maximum absolute atomic E-state index is 13.0. The van der Waals surface area contributed by atoms with Crippen LogP contribution in [-0.2, 0) is 13.1 Å². The van der Waals surface area contributed by atoms with Gasteiger partial charge in [-0.05, 0) is 36.9 Å². The fourth-order valence-corrected chi connectivity index (χ4v) is 1.84. The van der Waals surface area contributed by atoms with Gasteiger partial charge in [0.05, 0.1) is 5.69 Å². The van der Waals surface area contributed by atoms with Crippen molar-refractivity contribution in [3.8, 4) is 0 Å². The van der Waals surface area contributed by atoms with Gasteiger partial charge in [-0.2, -0.15) is 0 Å². The quantitative estimate of drug-likeness (QED) is 0.827. The summed E-state index contributed by atoms with van der Waals surface area (Å²) in [5.74, 6) is -1.09. The summed E-state index contributed by atoms with van der Waals surface area (Å²) < 4.78 is 26.1. The van der Waals surface area contributed by atoms with Crippen molar-refractivity contribution in [2.24, 2.45) is 0 Å². The number of pyridine rings is 1. The standard InChI is InChI=1S/C14H14F2N2/c1-18(10-14-4-2-3-5-17-14)9-11-6-12(15)8-13(16)7-11/h2-8H,9-10H2,1H3. The summed E-state index contributed by atoms with van der Waals surface area (Å²) in [4.78, 5) is 6.16. The van der Waals surface area contributed by atoms with Gasteiger partial charge in [0.1, 0.15) is 11.6 Å². The van der Waals surface area contributed by atoms with Crippen LogP contribution >= 0.6 is 0 Å². The van der Waals surface area contributed by atoms with Crippen LogP contribution in [0.4, 0.5) is 8.78 Å². The van der Waals surface area contributed by atoms with Gasteiger partial charge < -0.3 is 0 Å². The van der Waals surface area contributed by atoms with Gasteiger partial charge in [0.15, 0.2) is 0 Å². The molecule has 1 aromatic carbocycles. The van der Waals surface area contributed by atoms with E-state index < -0.39 is 11.6 Å². The number of nitrogens with zero attached hydrogens (tertiary/aromatic N) is 2. The van der Waals surface area contributed by atoms with Crippen molar-refractivity contribution in [2.75, 3.05) is 7.05 Å². The highest BCUT2D eigenvalue weighted by atomic mass is 19.1. The second kappa shape index (κ2) is 5.69. The van der Waals surface area contributed by atoms with Gasteiger partial charge in [-0.1, -0.05) is 6.07 Å². The lowest BCUT2D eigenvalue weighted by molar-refractivity contribution is 0.314. The second-order valence-electron chi connectivity index (χ2n) is 4.27. The first-order valence-electron chi connectivity index (χ1n) is 5.67. The fourth-order valence-electron chi connectivity index (χ4n) is 1.84. The van der Waals surface area contributed by atoms with Crippen molar-refractivity contribution >= 4 is 0 Å². The molecule has 0 amide bonds. The lowest BCUT2D eigenvalue weighted by atomic mass is 10.2. The van der Waals surface area contributed by atoms with Crippen LogP contribution in [0.3, 0.4) is 0 Å². The summed E-state index contributed by atoms with van der Waals surface area (Å²) in [7, 11) is 1.89. The van der Waals surface area contributed by atoms with Gasteiger partial charge in [-0.3, -0.25) is 9.88 Å². The van der Waals surface area contributed by atoms with Gasteiger partial charge in [-0.25, -0.2) is 8.78 Å². The average molecular weight is 248 g/mol. The number of rotatable bonds is 4. The van der Waals surface area contributed by atoms with Crippen LogP contribution < -0.4 is 0 Å². The highest BCUT2D eigenvalue weighted by Gasteiger charge is 2.05. The normalized spacial score (nSPS) is 10.9. The van der Waals surface area contributed by atoms with Crippen molar-refractivity contribution in [1.29, 1.82) is 0 Å². The summed E-state index contributed by atoms with van der Waals surface area (Å²) in [6.45, 7) is 1.12. The SMILES string of the molecule is CN(Cc1cc(F)cc(F)c1)Cc1ccccn1. The molecule has 0 aliphatic heterocycles. The zero-order valence-corrected chi connectivity index (χ0v) is 10.1. The third kappa shape index (κ3) is 3.60. The summed E-state index contributed by atoms with van der Waals surface area (Å²) in [5.41, 5.74) is 1.54. The first-order valence-corrected chi connectivity index (χ1v) is 5.67. The molecule has 0 fully saturated rings. The van der Waals surface area contributed by atoms with Crippen LogP contribution in [-0.4, -0.2) is 16.9 Å². The molecule has 94 valence electrons. The Morgan fingerprint density at radius 3 is 2.39 bits per heavy atom. The molecular weight excluding hydrogens is 234 g/mol. The lowest BCUT2D eigenvalue weighted by Gasteiger charge is -2.16. The van der Waals surface area contributed by atoms with E-state index in [0.717, 1.165) is 11.8 Å². The molecule has 0 bridgehead atoms. The lowest BCUT2D eigenvalue weighted by Crippen LogP contribution is -2.18. The van der Waals surface area contributed by atoms with Crippen LogP contribution in [0.5, 0.6) is 0 Å². The van der Waals surface area contributed by atoms with E-state index in [1.165, 1.54) is 12.1 Å². The Bertz CT molecular complexity index is 494. The topological polar surface area (TPSA) is 16.1 Å². The van der Waals surface area contributed by atoms with Gasteiger partial charge in [-0.15, -0.1) is 0 Å². The highest BCUT2D eigenvalue weighted by molar-refractivity contribution is 5.17. The van der Waals surface area contributed by atoms with Crippen molar-refractivity contribution in [3.63, 3.8) is 0 Å². The van der Waals surface area contributed by atoms with Crippen LogP contribution in [0.25, 0.3) is 0 Å². The molecule has 0 saturated heterocycles. The van der Waals surface area contributed by atoms with E-state index in [2.05, 4.69) is 4.98 Å². The third-order valence-electron chi connectivity index (χ3n) is 2.53. The molecule has 1 aromatic heterocycles. The first kappa shape index (κ1) is 12.6. The Labute approximate surface area is 105 Å². The van der Waals surface area contributed by atoms with Crippen LogP contribution in [0.1, 0.15) is 11.3 Å². The molecule has 18 heavy (non-hydrogen) atoms. The van der Waals surface area contributed by atoms with E-state index in [1.807, 2.05) is 30.1 Å². The van der Waals surface area contributed by atoms with E-state index in [4.69, 9.17) is 0 Å². The van der Waals surface area contributed by atoms with E-state index >= 15 is 0 Å². The molecule has 2 rings (SSSR count). The zero-order valence-electron chi connectivity index (χ0n) is 10.1. The molecule has 1 heterocycles. The number of hydrogen-bond acceptors (Lipinski definition) is 2. The van der Waals surface area contributed by atoms with E-state index in [1.54, 1.807) is 6.20 Å². The largest absolute Gasteiger partial charge is 0.296 e. The van der Waals surface area contributed by atoms with Gasteiger partial charge in [0, 0.05) is 25.4 Å². The number of halogens is 2. The van der Waals surface area contributed by atoms with E-state index in [9.17, 15) is 8.78 Å². The summed E-state index contributed by atoms with van der Waals surface area (Å²) >= 11 is 0. The van der Waals surface area contributed by atoms with Crippen molar-refractivity contribution < 1.29 is 8.78 Å². The molecule has 2 aromatic rings. The number of hydrogen-bond donors (Lipinski definition) is 0. The maximum atomic E-state index is 13.0. The summed E-state index contributed by atoms with van der Waals surface area (Å²) in [5, 5.41) is 0. The molecule has 0 saturated carbocycles. The monoisotopic (exact) mass is 248 g/mol. The molecule has 0 aliphatic carbocycles. The van der Waals surface area contributed by atoms with Gasteiger partial charge in [0.25, 0.3) is 0 Å². The molecule has 0 spiro atoms. The van der Waals surface area contributed by atoms with E-state index in [-0.39, 0.29) is 0 Å². The number of aromatic nitrogens is 1. The highest BCUT2D eigenvalue weighted by Crippen LogP contribution is 2.11. The van der Waals surface area contributed by atoms with Gasteiger partial charge in [0.2, 0.25) is 0 Å². The first-order chi connectivity index (χ1) is 8.63. The Hall–Kier alpha value is -1.81. The fraction of sp³-hybridized carbons (Fsp3) is 0.214.